The maximum Gasteiger partial charge on any atom is 0.261 e. The van der Waals surface area contributed by atoms with E-state index in [1.54, 1.807) is 12.1 Å². The van der Waals surface area contributed by atoms with E-state index in [4.69, 9.17) is 5.73 Å². The van der Waals surface area contributed by atoms with Gasteiger partial charge in [-0.25, -0.2) is 0 Å². The van der Waals surface area contributed by atoms with Crippen LogP contribution >= 0.6 is 0 Å². The van der Waals surface area contributed by atoms with Gasteiger partial charge in [-0.3, -0.25) is 9.59 Å². The summed E-state index contributed by atoms with van der Waals surface area (Å²) >= 11 is 0. The molecule has 1 heterocycles. The summed E-state index contributed by atoms with van der Waals surface area (Å²) in [5, 5.41) is 2.69. The van der Waals surface area contributed by atoms with Crippen LogP contribution in [0.15, 0.2) is 47.3 Å². The molecule has 0 spiro atoms. The summed E-state index contributed by atoms with van der Waals surface area (Å²) in [6.07, 6.45) is 0.672. The van der Waals surface area contributed by atoms with Crippen molar-refractivity contribution in [2.75, 3.05) is 6.54 Å². The highest BCUT2D eigenvalue weighted by atomic mass is 16.2. The predicted octanol–water partition coefficient (Wildman–Crippen LogP) is 1.51. The third-order valence-electron chi connectivity index (χ3n) is 3.12. The predicted molar refractivity (Wildman–Crippen MR) is 83.1 cm³/mol. The van der Waals surface area contributed by atoms with Gasteiger partial charge in [0, 0.05) is 18.3 Å². The number of benzene rings is 1. The van der Waals surface area contributed by atoms with Crippen molar-refractivity contribution in [1.82, 2.24) is 10.3 Å². The van der Waals surface area contributed by atoms with Gasteiger partial charge in [-0.1, -0.05) is 30.3 Å². The molecule has 0 fully saturated rings. The summed E-state index contributed by atoms with van der Waals surface area (Å²) < 4.78 is 0. The number of amides is 1. The van der Waals surface area contributed by atoms with Gasteiger partial charge in [0.05, 0.1) is 0 Å². The average Bonchev–Trinajstić information content (AvgIpc) is 2.47. The first-order valence-corrected chi connectivity index (χ1v) is 6.90. The van der Waals surface area contributed by atoms with Crippen molar-refractivity contribution < 1.29 is 4.79 Å². The van der Waals surface area contributed by atoms with Gasteiger partial charge in [0.2, 0.25) is 0 Å². The molecule has 1 atom stereocenters. The molecule has 5 heteroatoms. The zero-order chi connectivity index (χ0) is 15.2. The fourth-order valence-electron chi connectivity index (χ4n) is 1.95. The van der Waals surface area contributed by atoms with E-state index in [-0.39, 0.29) is 17.5 Å². The standard InChI is InChI=1S/C16H19N3O2/c1-11(17)9-10-18-15(20)13-7-8-14(19-16(13)21)12-5-3-2-4-6-12/h2-8,11H,9-10,17H2,1H3,(H,18,20)(H,19,21). The average molecular weight is 285 g/mol. The Labute approximate surface area is 123 Å². The Morgan fingerprint density at radius 1 is 1.24 bits per heavy atom. The van der Waals surface area contributed by atoms with Crippen LogP contribution in [0.2, 0.25) is 0 Å². The molecular formula is C16H19N3O2. The van der Waals surface area contributed by atoms with Gasteiger partial charge >= 0.3 is 0 Å². The lowest BCUT2D eigenvalue weighted by molar-refractivity contribution is 0.0951. The molecule has 1 amide bonds. The number of nitrogens with one attached hydrogen (secondary N) is 2. The van der Waals surface area contributed by atoms with Gasteiger partial charge in [0.25, 0.3) is 11.5 Å². The molecule has 1 unspecified atom stereocenters. The van der Waals surface area contributed by atoms with E-state index in [2.05, 4.69) is 10.3 Å². The molecular weight excluding hydrogens is 266 g/mol. The number of aromatic amines is 1. The van der Waals surface area contributed by atoms with Gasteiger partial charge in [0.15, 0.2) is 0 Å². The minimum absolute atomic E-state index is 0.0176. The molecule has 0 radical (unpaired) electrons. The molecule has 1 aromatic heterocycles. The second-order valence-corrected chi connectivity index (χ2v) is 5.00. The Kier molecular flexibility index (Phi) is 4.90. The maximum absolute atomic E-state index is 12.0. The third kappa shape index (κ3) is 4.03. The molecule has 0 aliphatic carbocycles. The number of carbonyl (C=O) groups is 1. The number of nitrogens with two attached hydrogens (primary N) is 1. The molecule has 0 saturated carbocycles. The summed E-state index contributed by atoms with van der Waals surface area (Å²) in [6.45, 7) is 2.32. The van der Waals surface area contributed by atoms with Crippen molar-refractivity contribution in [3.05, 3.63) is 58.4 Å². The van der Waals surface area contributed by atoms with E-state index in [1.807, 2.05) is 37.3 Å². The molecule has 1 aromatic carbocycles. The summed E-state index contributed by atoms with van der Waals surface area (Å²) in [6, 6.07) is 12.8. The highest BCUT2D eigenvalue weighted by Crippen LogP contribution is 2.14. The van der Waals surface area contributed by atoms with Crippen molar-refractivity contribution in [2.24, 2.45) is 5.73 Å². The minimum Gasteiger partial charge on any atom is -0.352 e. The zero-order valence-corrected chi connectivity index (χ0v) is 11.9. The second kappa shape index (κ2) is 6.85. The summed E-state index contributed by atoms with van der Waals surface area (Å²) in [4.78, 5) is 26.7. The van der Waals surface area contributed by atoms with E-state index in [9.17, 15) is 9.59 Å². The molecule has 2 aromatic rings. The molecule has 0 saturated heterocycles. The van der Waals surface area contributed by atoms with Crippen molar-refractivity contribution in [2.45, 2.75) is 19.4 Å². The van der Waals surface area contributed by atoms with Crippen LogP contribution in [0.25, 0.3) is 11.3 Å². The lowest BCUT2D eigenvalue weighted by atomic mass is 10.1. The SMILES string of the molecule is CC(N)CCNC(=O)c1ccc(-c2ccccc2)[nH]c1=O. The lowest BCUT2D eigenvalue weighted by Gasteiger charge is -2.07. The Hall–Kier alpha value is -2.40. The quantitative estimate of drug-likeness (QED) is 0.778. The number of hydrogen-bond donors (Lipinski definition) is 3. The van der Waals surface area contributed by atoms with Crippen LogP contribution in [0, 0.1) is 0 Å². The number of carbonyl (C=O) groups excluding carboxylic acids is 1. The van der Waals surface area contributed by atoms with Crippen LogP contribution in [-0.2, 0) is 0 Å². The van der Waals surface area contributed by atoms with E-state index < -0.39 is 5.56 Å². The largest absolute Gasteiger partial charge is 0.352 e. The summed E-state index contributed by atoms with van der Waals surface area (Å²) in [5.74, 6) is -0.378. The molecule has 5 nitrogen and oxygen atoms in total. The highest BCUT2D eigenvalue weighted by Gasteiger charge is 2.11. The van der Waals surface area contributed by atoms with E-state index in [1.165, 1.54) is 0 Å². The monoisotopic (exact) mass is 285 g/mol. The van der Waals surface area contributed by atoms with Gasteiger partial charge in [-0.05, 0) is 31.0 Å². The first-order chi connectivity index (χ1) is 10.1. The Balaban J connectivity index is 2.13. The maximum atomic E-state index is 12.0. The van der Waals surface area contributed by atoms with Gasteiger partial charge in [-0.2, -0.15) is 0 Å². The van der Waals surface area contributed by atoms with Crippen LogP contribution < -0.4 is 16.6 Å². The van der Waals surface area contributed by atoms with E-state index in [0.717, 1.165) is 5.56 Å². The fourth-order valence-corrected chi connectivity index (χ4v) is 1.95. The van der Waals surface area contributed by atoms with Crippen molar-refractivity contribution in [1.29, 1.82) is 0 Å². The first kappa shape index (κ1) is 15.0. The van der Waals surface area contributed by atoms with Crippen LogP contribution in [0.4, 0.5) is 0 Å². The minimum atomic E-state index is -0.394. The van der Waals surface area contributed by atoms with E-state index in [0.29, 0.717) is 18.7 Å². The summed E-state index contributed by atoms with van der Waals surface area (Å²) in [7, 11) is 0. The molecule has 2 rings (SSSR count). The zero-order valence-electron chi connectivity index (χ0n) is 11.9. The second-order valence-electron chi connectivity index (χ2n) is 5.00. The molecule has 0 aliphatic rings. The van der Waals surface area contributed by atoms with Crippen molar-refractivity contribution in [3.63, 3.8) is 0 Å². The molecule has 0 aliphatic heterocycles. The van der Waals surface area contributed by atoms with Crippen molar-refractivity contribution >= 4 is 5.91 Å². The van der Waals surface area contributed by atoms with Gasteiger partial charge in [0.1, 0.15) is 5.56 Å². The highest BCUT2D eigenvalue weighted by molar-refractivity contribution is 5.94. The fraction of sp³-hybridized carbons (Fsp3) is 0.250. The van der Waals surface area contributed by atoms with Crippen LogP contribution in [-0.4, -0.2) is 23.5 Å². The molecule has 4 N–H and O–H groups in total. The number of pyridine rings is 1. The Morgan fingerprint density at radius 3 is 2.57 bits per heavy atom. The number of rotatable bonds is 5. The first-order valence-electron chi connectivity index (χ1n) is 6.90. The topological polar surface area (TPSA) is 88.0 Å². The van der Waals surface area contributed by atoms with Crippen LogP contribution in [0.5, 0.6) is 0 Å². The van der Waals surface area contributed by atoms with Gasteiger partial charge < -0.3 is 16.0 Å². The molecule has 110 valence electrons. The number of aromatic nitrogens is 1. The number of hydrogen-bond acceptors (Lipinski definition) is 3. The van der Waals surface area contributed by atoms with Gasteiger partial charge in [-0.15, -0.1) is 0 Å². The molecule has 0 bridgehead atoms. The van der Waals surface area contributed by atoms with Crippen LogP contribution in [0.3, 0.4) is 0 Å². The third-order valence-corrected chi connectivity index (χ3v) is 3.12. The lowest BCUT2D eigenvalue weighted by Crippen LogP contribution is -2.32. The summed E-state index contributed by atoms with van der Waals surface area (Å²) in [5.41, 5.74) is 6.92. The van der Waals surface area contributed by atoms with E-state index >= 15 is 0 Å². The Bertz CT molecular complexity index is 663. The smallest absolute Gasteiger partial charge is 0.261 e. The molecule has 21 heavy (non-hydrogen) atoms. The van der Waals surface area contributed by atoms with Crippen molar-refractivity contribution in [3.8, 4) is 11.3 Å². The Morgan fingerprint density at radius 2 is 1.95 bits per heavy atom. The van der Waals surface area contributed by atoms with Crippen LogP contribution in [0.1, 0.15) is 23.7 Å². The normalized spacial score (nSPS) is 11.9. The number of H-pyrrole nitrogens is 1.